The SMILES string of the molecule is CCOc1ccc(-c2cc(N)n(C)n2)cc1. The quantitative estimate of drug-likeness (QED) is 0.856. The summed E-state index contributed by atoms with van der Waals surface area (Å²) in [5.74, 6) is 1.53. The third-order valence-corrected chi connectivity index (χ3v) is 2.38. The van der Waals surface area contributed by atoms with E-state index in [1.165, 1.54) is 0 Å². The standard InChI is InChI=1S/C12H15N3O/c1-3-16-10-6-4-9(5-7-10)11-8-12(13)15(2)14-11/h4-8H,3,13H2,1-2H3. The van der Waals surface area contributed by atoms with Gasteiger partial charge in [0.05, 0.1) is 12.3 Å². The maximum absolute atomic E-state index is 5.73. The first kappa shape index (κ1) is 10.5. The molecule has 0 fully saturated rings. The molecule has 16 heavy (non-hydrogen) atoms. The van der Waals surface area contributed by atoms with E-state index in [-0.39, 0.29) is 0 Å². The summed E-state index contributed by atoms with van der Waals surface area (Å²) in [6.45, 7) is 2.64. The van der Waals surface area contributed by atoms with Crippen LogP contribution in [0.2, 0.25) is 0 Å². The van der Waals surface area contributed by atoms with Crippen molar-refractivity contribution in [3.05, 3.63) is 30.3 Å². The molecule has 0 amide bonds. The van der Waals surface area contributed by atoms with Crippen LogP contribution >= 0.6 is 0 Å². The zero-order valence-electron chi connectivity index (χ0n) is 9.47. The van der Waals surface area contributed by atoms with Gasteiger partial charge in [-0.3, -0.25) is 4.68 Å². The van der Waals surface area contributed by atoms with Crippen LogP contribution in [-0.4, -0.2) is 16.4 Å². The predicted molar refractivity (Wildman–Crippen MR) is 64.2 cm³/mol. The fourth-order valence-corrected chi connectivity index (χ4v) is 1.51. The molecule has 1 aromatic heterocycles. The molecule has 0 aliphatic heterocycles. The fraction of sp³-hybridized carbons (Fsp3) is 0.250. The summed E-state index contributed by atoms with van der Waals surface area (Å²) in [7, 11) is 1.83. The van der Waals surface area contributed by atoms with Crippen molar-refractivity contribution in [2.24, 2.45) is 7.05 Å². The lowest BCUT2D eigenvalue weighted by Gasteiger charge is -2.02. The van der Waals surface area contributed by atoms with Crippen molar-refractivity contribution in [3.8, 4) is 17.0 Å². The van der Waals surface area contributed by atoms with E-state index in [2.05, 4.69) is 5.10 Å². The largest absolute Gasteiger partial charge is 0.494 e. The van der Waals surface area contributed by atoms with Crippen LogP contribution in [0, 0.1) is 0 Å². The maximum Gasteiger partial charge on any atom is 0.121 e. The van der Waals surface area contributed by atoms with Crippen molar-refractivity contribution >= 4 is 5.82 Å². The second kappa shape index (κ2) is 4.26. The minimum Gasteiger partial charge on any atom is -0.494 e. The van der Waals surface area contributed by atoms with Crippen molar-refractivity contribution in [1.82, 2.24) is 9.78 Å². The van der Waals surface area contributed by atoms with Gasteiger partial charge in [-0.2, -0.15) is 5.10 Å². The van der Waals surface area contributed by atoms with Crippen molar-refractivity contribution in [1.29, 1.82) is 0 Å². The smallest absolute Gasteiger partial charge is 0.121 e. The molecule has 0 aliphatic rings. The Labute approximate surface area is 94.6 Å². The number of nitrogens with two attached hydrogens (primary N) is 1. The van der Waals surface area contributed by atoms with Crippen LogP contribution in [0.5, 0.6) is 5.75 Å². The summed E-state index contributed by atoms with van der Waals surface area (Å²) in [5, 5.41) is 4.31. The molecule has 0 saturated heterocycles. The van der Waals surface area contributed by atoms with Crippen molar-refractivity contribution in [2.45, 2.75) is 6.92 Å². The number of aryl methyl sites for hydroxylation is 1. The molecule has 1 heterocycles. The fourth-order valence-electron chi connectivity index (χ4n) is 1.51. The first-order chi connectivity index (χ1) is 7.70. The van der Waals surface area contributed by atoms with Crippen molar-refractivity contribution in [3.63, 3.8) is 0 Å². The van der Waals surface area contributed by atoms with Gasteiger partial charge >= 0.3 is 0 Å². The zero-order chi connectivity index (χ0) is 11.5. The molecular formula is C12H15N3O. The molecule has 0 aliphatic carbocycles. The second-order valence-corrected chi connectivity index (χ2v) is 3.54. The van der Waals surface area contributed by atoms with Crippen LogP contribution in [0.4, 0.5) is 5.82 Å². The van der Waals surface area contributed by atoms with Gasteiger partial charge in [-0.05, 0) is 31.2 Å². The lowest BCUT2D eigenvalue weighted by molar-refractivity contribution is 0.340. The summed E-state index contributed by atoms with van der Waals surface area (Å²) in [6.07, 6.45) is 0. The molecule has 0 bridgehead atoms. The molecule has 0 unspecified atom stereocenters. The van der Waals surface area contributed by atoms with Gasteiger partial charge in [-0.15, -0.1) is 0 Å². The van der Waals surface area contributed by atoms with E-state index in [9.17, 15) is 0 Å². The van der Waals surface area contributed by atoms with E-state index >= 15 is 0 Å². The molecule has 0 spiro atoms. The van der Waals surface area contributed by atoms with Gasteiger partial charge in [-0.1, -0.05) is 0 Å². The Kier molecular flexibility index (Phi) is 2.81. The van der Waals surface area contributed by atoms with Gasteiger partial charge in [0.2, 0.25) is 0 Å². The summed E-state index contributed by atoms with van der Waals surface area (Å²) < 4.78 is 7.03. The molecule has 2 rings (SSSR count). The minimum atomic E-state index is 0.656. The van der Waals surface area contributed by atoms with Gasteiger partial charge in [0.1, 0.15) is 11.6 Å². The predicted octanol–water partition coefficient (Wildman–Crippen LogP) is 2.07. The van der Waals surface area contributed by atoms with E-state index in [0.717, 1.165) is 17.0 Å². The number of nitrogens with zero attached hydrogens (tertiary/aromatic N) is 2. The number of rotatable bonds is 3. The van der Waals surface area contributed by atoms with E-state index in [0.29, 0.717) is 12.4 Å². The highest BCUT2D eigenvalue weighted by molar-refractivity contribution is 5.63. The molecular weight excluding hydrogens is 202 g/mol. The number of benzene rings is 1. The van der Waals surface area contributed by atoms with Gasteiger partial charge in [-0.25, -0.2) is 0 Å². The number of anilines is 1. The topological polar surface area (TPSA) is 53.1 Å². The Balaban J connectivity index is 2.27. The average Bonchev–Trinajstić information content (AvgIpc) is 2.61. The highest BCUT2D eigenvalue weighted by atomic mass is 16.5. The number of hydrogen-bond donors (Lipinski definition) is 1. The monoisotopic (exact) mass is 217 g/mol. The first-order valence-electron chi connectivity index (χ1n) is 5.23. The first-order valence-corrected chi connectivity index (χ1v) is 5.23. The number of ether oxygens (including phenoxy) is 1. The highest BCUT2D eigenvalue weighted by Crippen LogP contribution is 2.22. The average molecular weight is 217 g/mol. The summed E-state index contributed by atoms with van der Waals surface area (Å²) >= 11 is 0. The van der Waals surface area contributed by atoms with Crippen molar-refractivity contribution < 1.29 is 4.74 Å². The zero-order valence-corrected chi connectivity index (χ0v) is 9.47. The van der Waals surface area contributed by atoms with Crippen LogP contribution in [0.15, 0.2) is 30.3 Å². The minimum absolute atomic E-state index is 0.656. The van der Waals surface area contributed by atoms with Crippen LogP contribution in [-0.2, 0) is 7.05 Å². The van der Waals surface area contributed by atoms with Gasteiger partial charge in [0, 0.05) is 18.7 Å². The third-order valence-electron chi connectivity index (χ3n) is 2.38. The van der Waals surface area contributed by atoms with Gasteiger partial charge in [0.25, 0.3) is 0 Å². The lowest BCUT2D eigenvalue weighted by Crippen LogP contribution is -1.96. The third kappa shape index (κ3) is 2.00. The Morgan fingerprint density at radius 1 is 1.31 bits per heavy atom. The molecule has 0 radical (unpaired) electrons. The Hall–Kier alpha value is -1.97. The van der Waals surface area contributed by atoms with E-state index in [1.807, 2.05) is 44.3 Å². The Morgan fingerprint density at radius 2 is 2.00 bits per heavy atom. The van der Waals surface area contributed by atoms with E-state index < -0.39 is 0 Å². The Morgan fingerprint density at radius 3 is 2.50 bits per heavy atom. The van der Waals surface area contributed by atoms with Crippen LogP contribution in [0.25, 0.3) is 11.3 Å². The molecule has 4 heteroatoms. The highest BCUT2D eigenvalue weighted by Gasteiger charge is 2.04. The lowest BCUT2D eigenvalue weighted by atomic mass is 10.1. The number of hydrogen-bond acceptors (Lipinski definition) is 3. The van der Waals surface area contributed by atoms with Crippen LogP contribution in [0.3, 0.4) is 0 Å². The molecule has 1 aromatic carbocycles. The Bertz CT molecular complexity index is 454. The number of nitrogen functional groups attached to an aromatic ring is 1. The summed E-state index contributed by atoms with van der Waals surface area (Å²) in [4.78, 5) is 0. The molecule has 84 valence electrons. The molecule has 2 aromatic rings. The maximum atomic E-state index is 5.73. The van der Waals surface area contributed by atoms with Crippen LogP contribution in [0.1, 0.15) is 6.92 Å². The van der Waals surface area contributed by atoms with Gasteiger partial charge in [0.15, 0.2) is 0 Å². The van der Waals surface area contributed by atoms with Crippen LogP contribution < -0.4 is 10.5 Å². The van der Waals surface area contributed by atoms with Crippen molar-refractivity contribution in [2.75, 3.05) is 12.3 Å². The summed E-state index contributed by atoms with van der Waals surface area (Å²) in [6, 6.07) is 9.68. The second-order valence-electron chi connectivity index (χ2n) is 3.54. The number of aromatic nitrogens is 2. The molecule has 2 N–H and O–H groups in total. The summed E-state index contributed by atoms with van der Waals surface area (Å²) in [5.41, 5.74) is 7.65. The normalized spacial score (nSPS) is 10.4. The molecule has 0 saturated carbocycles. The molecule has 0 atom stereocenters. The molecule has 4 nitrogen and oxygen atoms in total. The van der Waals surface area contributed by atoms with E-state index in [1.54, 1.807) is 4.68 Å². The van der Waals surface area contributed by atoms with Gasteiger partial charge < -0.3 is 10.5 Å². The van der Waals surface area contributed by atoms with E-state index in [4.69, 9.17) is 10.5 Å².